The first-order valence-electron chi connectivity index (χ1n) is 6.28. The molecule has 0 fully saturated rings. The van der Waals surface area contributed by atoms with Gasteiger partial charge in [-0.15, -0.1) is 0 Å². The smallest absolute Gasteiger partial charge is 0.342 e. The number of anilines is 1. The molecule has 0 atom stereocenters. The van der Waals surface area contributed by atoms with Crippen LogP contribution in [-0.4, -0.2) is 16.0 Å². The van der Waals surface area contributed by atoms with E-state index >= 15 is 0 Å². The molecule has 2 aromatic carbocycles. The number of benzene rings is 2. The molecule has 0 aliphatic heterocycles. The molecule has 0 unspecified atom stereocenters. The maximum Gasteiger partial charge on any atom is 0.342 e. The van der Waals surface area contributed by atoms with Gasteiger partial charge in [0.15, 0.2) is 0 Å². The number of nitro groups is 1. The number of carbonyl (C=O) groups is 1. The van der Waals surface area contributed by atoms with Crippen LogP contribution in [-0.2, 0) is 6.54 Å². The van der Waals surface area contributed by atoms with Crippen LogP contribution in [0.4, 0.5) is 11.4 Å². The molecule has 0 heterocycles. The number of aryl methyl sites for hydroxylation is 1. The Balaban J connectivity index is 2.19. The van der Waals surface area contributed by atoms with Crippen LogP contribution in [0.2, 0.25) is 0 Å². The van der Waals surface area contributed by atoms with E-state index in [4.69, 9.17) is 5.11 Å². The molecule has 2 aromatic rings. The Morgan fingerprint density at radius 2 is 2.05 bits per heavy atom. The molecular formula is C15H14N2O4. The lowest BCUT2D eigenvalue weighted by molar-refractivity contribution is -0.385. The van der Waals surface area contributed by atoms with Crippen molar-refractivity contribution in [2.75, 3.05) is 5.32 Å². The first-order valence-corrected chi connectivity index (χ1v) is 6.28. The van der Waals surface area contributed by atoms with Crippen molar-refractivity contribution in [2.24, 2.45) is 0 Å². The summed E-state index contributed by atoms with van der Waals surface area (Å²) in [7, 11) is 0. The van der Waals surface area contributed by atoms with Crippen LogP contribution in [0.1, 0.15) is 21.5 Å². The number of nitro benzene ring substituents is 1. The second-order valence-electron chi connectivity index (χ2n) is 4.64. The highest BCUT2D eigenvalue weighted by atomic mass is 16.6. The molecule has 0 aromatic heterocycles. The zero-order valence-corrected chi connectivity index (χ0v) is 11.4. The summed E-state index contributed by atoms with van der Waals surface area (Å²) in [4.78, 5) is 21.1. The molecule has 0 saturated heterocycles. The number of hydrogen-bond donors (Lipinski definition) is 2. The molecule has 6 nitrogen and oxygen atoms in total. The topological polar surface area (TPSA) is 92.5 Å². The summed E-state index contributed by atoms with van der Waals surface area (Å²) < 4.78 is 0. The van der Waals surface area contributed by atoms with Crippen LogP contribution in [0.15, 0.2) is 42.5 Å². The molecule has 21 heavy (non-hydrogen) atoms. The van der Waals surface area contributed by atoms with E-state index < -0.39 is 16.6 Å². The maximum absolute atomic E-state index is 11.1. The average molecular weight is 286 g/mol. The fourth-order valence-corrected chi connectivity index (χ4v) is 2.00. The van der Waals surface area contributed by atoms with Gasteiger partial charge in [0.2, 0.25) is 0 Å². The molecule has 0 radical (unpaired) electrons. The lowest BCUT2D eigenvalue weighted by atomic mass is 10.1. The Labute approximate surface area is 121 Å². The van der Waals surface area contributed by atoms with Crippen molar-refractivity contribution in [3.8, 4) is 0 Å². The van der Waals surface area contributed by atoms with Gasteiger partial charge < -0.3 is 10.4 Å². The number of aromatic carboxylic acids is 1. The zero-order chi connectivity index (χ0) is 15.4. The van der Waals surface area contributed by atoms with E-state index in [0.717, 1.165) is 11.1 Å². The largest absolute Gasteiger partial charge is 0.477 e. The molecule has 0 saturated carbocycles. The summed E-state index contributed by atoms with van der Waals surface area (Å²) in [5.41, 5.74) is 1.96. The van der Waals surface area contributed by atoms with Gasteiger partial charge in [0.25, 0.3) is 5.69 Å². The summed E-state index contributed by atoms with van der Waals surface area (Å²) in [5, 5.41) is 22.9. The second-order valence-corrected chi connectivity index (χ2v) is 4.64. The maximum atomic E-state index is 11.1. The van der Waals surface area contributed by atoms with Crippen LogP contribution in [0, 0.1) is 17.0 Å². The first-order chi connectivity index (χ1) is 9.97. The van der Waals surface area contributed by atoms with Crippen LogP contribution in [0.25, 0.3) is 0 Å². The number of carboxylic acid groups (broad SMARTS) is 1. The predicted molar refractivity (Wildman–Crippen MR) is 78.6 cm³/mol. The Hall–Kier alpha value is -2.89. The van der Waals surface area contributed by atoms with Gasteiger partial charge in [-0.2, -0.15) is 0 Å². The lowest BCUT2D eigenvalue weighted by Gasteiger charge is -2.08. The number of nitrogens with one attached hydrogen (secondary N) is 1. The van der Waals surface area contributed by atoms with E-state index in [9.17, 15) is 14.9 Å². The van der Waals surface area contributed by atoms with Crippen LogP contribution >= 0.6 is 0 Å². The van der Waals surface area contributed by atoms with E-state index in [1.54, 1.807) is 0 Å². The fraction of sp³-hybridized carbons (Fsp3) is 0.133. The van der Waals surface area contributed by atoms with Crippen molar-refractivity contribution >= 4 is 17.3 Å². The highest BCUT2D eigenvalue weighted by molar-refractivity contribution is 5.93. The molecule has 108 valence electrons. The summed E-state index contributed by atoms with van der Waals surface area (Å²) in [6.45, 7) is 2.50. The quantitative estimate of drug-likeness (QED) is 0.650. The summed E-state index contributed by atoms with van der Waals surface area (Å²) in [5.74, 6) is -1.32. The number of rotatable bonds is 5. The normalized spacial score (nSPS) is 10.1. The Morgan fingerprint density at radius 1 is 1.29 bits per heavy atom. The molecular weight excluding hydrogens is 272 g/mol. The van der Waals surface area contributed by atoms with E-state index in [1.807, 2.05) is 31.2 Å². The van der Waals surface area contributed by atoms with Crippen molar-refractivity contribution in [1.82, 2.24) is 0 Å². The summed E-state index contributed by atoms with van der Waals surface area (Å²) in [6.07, 6.45) is 0. The first kappa shape index (κ1) is 14.5. The Bertz CT molecular complexity index is 698. The molecule has 6 heteroatoms. The highest BCUT2D eigenvalue weighted by Gasteiger charge is 2.19. The third-order valence-corrected chi connectivity index (χ3v) is 3.00. The van der Waals surface area contributed by atoms with E-state index in [0.29, 0.717) is 12.2 Å². The summed E-state index contributed by atoms with van der Waals surface area (Å²) >= 11 is 0. The Morgan fingerprint density at radius 3 is 2.67 bits per heavy atom. The van der Waals surface area contributed by atoms with E-state index in [-0.39, 0.29) is 5.56 Å². The van der Waals surface area contributed by atoms with Crippen molar-refractivity contribution < 1.29 is 14.8 Å². The lowest BCUT2D eigenvalue weighted by Crippen LogP contribution is -2.05. The van der Waals surface area contributed by atoms with Gasteiger partial charge in [0, 0.05) is 18.3 Å². The number of hydrogen-bond acceptors (Lipinski definition) is 4. The van der Waals surface area contributed by atoms with Crippen LogP contribution in [0.5, 0.6) is 0 Å². The van der Waals surface area contributed by atoms with Crippen molar-refractivity contribution in [2.45, 2.75) is 13.5 Å². The highest BCUT2D eigenvalue weighted by Crippen LogP contribution is 2.23. The molecule has 2 N–H and O–H groups in total. The zero-order valence-electron chi connectivity index (χ0n) is 11.4. The standard InChI is InChI=1S/C15H14N2O4/c1-10-3-2-4-11(7-10)9-16-12-5-6-14(17(20)21)13(8-12)15(18)19/h2-8,16H,9H2,1H3,(H,18,19). The monoisotopic (exact) mass is 286 g/mol. The van der Waals surface area contributed by atoms with Crippen molar-refractivity contribution in [1.29, 1.82) is 0 Å². The second kappa shape index (κ2) is 6.04. The molecule has 2 rings (SSSR count). The third-order valence-electron chi connectivity index (χ3n) is 3.00. The van der Waals surface area contributed by atoms with Crippen LogP contribution < -0.4 is 5.32 Å². The molecule has 0 bridgehead atoms. The number of nitrogens with zero attached hydrogens (tertiary/aromatic N) is 1. The predicted octanol–water partition coefficient (Wildman–Crippen LogP) is 3.21. The fourth-order valence-electron chi connectivity index (χ4n) is 2.00. The minimum atomic E-state index is -1.32. The van der Waals surface area contributed by atoms with Gasteiger partial charge in [-0.1, -0.05) is 29.8 Å². The van der Waals surface area contributed by atoms with Crippen molar-refractivity contribution in [3.63, 3.8) is 0 Å². The van der Waals surface area contributed by atoms with Gasteiger partial charge >= 0.3 is 5.97 Å². The molecule has 0 amide bonds. The minimum absolute atomic E-state index is 0.325. The SMILES string of the molecule is Cc1cccc(CNc2ccc([N+](=O)[O-])c(C(=O)O)c2)c1. The van der Waals surface area contributed by atoms with Crippen LogP contribution in [0.3, 0.4) is 0 Å². The van der Waals surface area contributed by atoms with Gasteiger partial charge in [-0.3, -0.25) is 10.1 Å². The number of carboxylic acids is 1. The van der Waals surface area contributed by atoms with Gasteiger partial charge in [0.05, 0.1) is 4.92 Å². The molecule has 0 aliphatic rings. The van der Waals surface area contributed by atoms with E-state index in [1.165, 1.54) is 18.2 Å². The Kier molecular flexibility index (Phi) is 4.18. The van der Waals surface area contributed by atoms with Crippen molar-refractivity contribution in [3.05, 3.63) is 69.3 Å². The molecule has 0 aliphatic carbocycles. The molecule has 0 spiro atoms. The van der Waals surface area contributed by atoms with Gasteiger partial charge in [0.1, 0.15) is 5.56 Å². The van der Waals surface area contributed by atoms with Gasteiger partial charge in [-0.05, 0) is 24.6 Å². The average Bonchev–Trinajstić information content (AvgIpc) is 2.44. The minimum Gasteiger partial charge on any atom is -0.477 e. The third kappa shape index (κ3) is 3.56. The van der Waals surface area contributed by atoms with Gasteiger partial charge in [-0.25, -0.2) is 4.79 Å². The van der Waals surface area contributed by atoms with E-state index in [2.05, 4.69) is 5.32 Å². The summed E-state index contributed by atoms with van der Waals surface area (Å²) in [6, 6.07) is 11.8.